The molecule has 0 aromatic rings. The van der Waals surface area contributed by atoms with E-state index in [4.69, 9.17) is 17.2 Å². The fraction of sp³-hybridized carbons (Fsp3) is 0.714. The highest BCUT2D eigenvalue weighted by molar-refractivity contribution is 5.96. The van der Waals surface area contributed by atoms with Gasteiger partial charge in [0, 0.05) is 6.54 Å². The van der Waals surface area contributed by atoms with Gasteiger partial charge in [-0.2, -0.15) is 0 Å². The molecule has 0 spiro atoms. The third-order valence-electron chi connectivity index (χ3n) is 5.32. The van der Waals surface area contributed by atoms with E-state index in [1.807, 2.05) is 13.8 Å². The van der Waals surface area contributed by atoms with Gasteiger partial charge in [-0.05, 0) is 44.6 Å². The first kappa shape index (κ1) is 29.6. The summed E-state index contributed by atoms with van der Waals surface area (Å²) in [5.74, 6) is -4.18. The molecule has 35 heavy (non-hydrogen) atoms. The minimum Gasteiger partial charge on any atom is -0.480 e. The minimum atomic E-state index is -1.42. The quantitative estimate of drug-likeness (QED) is 0.0661. The molecule has 1 saturated heterocycles. The van der Waals surface area contributed by atoms with Crippen molar-refractivity contribution < 1.29 is 29.1 Å². The number of rotatable bonds is 15. The van der Waals surface area contributed by atoms with Crippen molar-refractivity contribution in [3.63, 3.8) is 0 Å². The van der Waals surface area contributed by atoms with Crippen LogP contribution in [-0.4, -0.2) is 77.9 Å². The average Bonchev–Trinajstić information content (AvgIpc) is 3.28. The lowest BCUT2D eigenvalue weighted by Crippen LogP contribution is -2.57. The zero-order valence-electron chi connectivity index (χ0n) is 20.2. The summed E-state index contributed by atoms with van der Waals surface area (Å²) in [6, 6.07) is -4.08. The van der Waals surface area contributed by atoms with Crippen molar-refractivity contribution in [2.24, 2.45) is 28.1 Å². The van der Waals surface area contributed by atoms with Gasteiger partial charge in [-0.25, -0.2) is 4.79 Å². The second-order valence-electron chi connectivity index (χ2n) is 8.92. The standard InChI is InChI=1S/C21H38N8O6/c1-11(2)9-14(28-17(31)12-5-3-7-25-12)18(32)29-15(10-16(22)30)19(33)27-13(20(34)35)6-4-8-26-21(23)24/h11-15,25H,3-10H2,1-2H3,(H2,22,30)(H,27,33)(H,28,31)(H,29,32)(H,34,35)(H4,23,24,26). The number of nitrogens with two attached hydrogens (primary N) is 3. The summed E-state index contributed by atoms with van der Waals surface area (Å²) < 4.78 is 0. The maximum atomic E-state index is 13.0. The van der Waals surface area contributed by atoms with Crippen LogP contribution in [0.1, 0.15) is 52.4 Å². The topological polar surface area (TPSA) is 244 Å². The van der Waals surface area contributed by atoms with Crippen molar-refractivity contribution in [1.29, 1.82) is 0 Å². The SMILES string of the molecule is CC(C)CC(NC(=O)C1CCCN1)C(=O)NC(CC(N)=O)C(=O)NC(CCCN=C(N)N)C(=O)O. The molecule has 1 aliphatic heterocycles. The van der Waals surface area contributed by atoms with E-state index in [-0.39, 0.29) is 43.6 Å². The fourth-order valence-electron chi connectivity index (χ4n) is 3.60. The van der Waals surface area contributed by atoms with E-state index in [2.05, 4.69) is 26.3 Å². The Kier molecular flexibility index (Phi) is 12.5. The van der Waals surface area contributed by atoms with Crippen molar-refractivity contribution in [2.75, 3.05) is 13.1 Å². The molecule has 1 heterocycles. The summed E-state index contributed by atoms with van der Waals surface area (Å²) in [6.45, 7) is 4.60. The summed E-state index contributed by atoms with van der Waals surface area (Å²) in [5.41, 5.74) is 15.7. The first-order chi connectivity index (χ1) is 16.4. The van der Waals surface area contributed by atoms with Crippen molar-refractivity contribution >= 4 is 35.6 Å². The number of carboxylic acid groups (broad SMARTS) is 1. The molecule has 0 saturated carbocycles. The van der Waals surface area contributed by atoms with Gasteiger partial charge in [0.05, 0.1) is 12.5 Å². The summed E-state index contributed by atoms with van der Waals surface area (Å²) in [7, 11) is 0. The van der Waals surface area contributed by atoms with Crippen LogP contribution in [0, 0.1) is 5.92 Å². The Balaban J connectivity index is 2.88. The Morgan fingerprint density at radius 1 is 1.00 bits per heavy atom. The van der Waals surface area contributed by atoms with Gasteiger partial charge < -0.3 is 43.6 Å². The summed E-state index contributed by atoms with van der Waals surface area (Å²) >= 11 is 0. The van der Waals surface area contributed by atoms with Crippen molar-refractivity contribution in [3.8, 4) is 0 Å². The number of guanidine groups is 1. The highest BCUT2D eigenvalue weighted by Crippen LogP contribution is 2.10. The number of nitrogens with zero attached hydrogens (tertiary/aromatic N) is 1. The van der Waals surface area contributed by atoms with Crippen LogP contribution in [0.15, 0.2) is 4.99 Å². The van der Waals surface area contributed by atoms with Gasteiger partial charge in [-0.3, -0.25) is 24.2 Å². The highest BCUT2D eigenvalue weighted by Gasteiger charge is 2.32. The number of nitrogens with one attached hydrogen (secondary N) is 4. The Hall–Kier alpha value is -3.42. The lowest BCUT2D eigenvalue weighted by molar-refractivity contribution is -0.142. The van der Waals surface area contributed by atoms with Gasteiger partial charge >= 0.3 is 5.97 Å². The van der Waals surface area contributed by atoms with Crippen molar-refractivity contribution in [1.82, 2.24) is 21.3 Å². The molecular formula is C21H38N8O6. The predicted molar refractivity (Wildman–Crippen MR) is 128 cm³/mol. The van der Waals surface area contributed by atoms with Crippen LogP contribution < -0.4 is 38.5 Å². The molecule has 4 unspecified atom stereocenters. The molecule has 1 rings (SSSR count). The number of aliphatic imine (C=N–C) groups is 1. The number of amides is 4. The molecule has 1 aliphatic rings. The van der Waals surface area contributed by atoms with Crippen LogP contribution in [0.4, 0.5) is 0 Å². The molecule has 1 fully saturated rings. The number of carboxylic acids is 1. The summed E-state index contributed by atoms with van der Waals surface area (Å²) in [5, 5.41) is 19.9. The molecule has 4 atom stereocenters. The third-order valence-corrected chi connectivity index (χ3v) is 5.32. The number of hydrogen-bond acceptors (Lipinski definition) is 7. The van der Waals surface area contributed by atoms with E-state index in [1.165, 1.54) is 0 Å². The first-order valence-corrected chi connectivity index (χ1v) is 11.6. The second kappa shape index (κ2) is 14.8. The van der Waals surface area contributed by atoms with Gasteiger partial charge in [0.25, 0.3) is 0 Å². The maximum Gasteiger partial charge on any atom is 0.326 e. The number of hydrogen-bond donors (Lipinski definition) is 8. The van der Waals surface area contributed by atoms with Gasteiger partial charge in [0.1, 0.15) is 18.1 Å². The van der Waals surface area contributed by atoms with Crippen LogP contribution in [0.2, 0.25) is 0 Å². The molecule has 4 amide bonds. The average molecular weight is 499 g/mol. The monoisotopic (exact) mass is 498 g/mol. The minimum absolute atomic E-state index is 0.00944. The molecule has 14 heteroatoms. The number of carbonyl (C=O) groups is 5. The first-order valence-electron chi connectivity index (χ1n) is 11.6. The van der Waals surface area contributed by atoms with Crippen LogP contribution in [-0.2, 0) is 24.0 Å². The van der Waals surface area contributed by atoms with Gasteiger partial charge in [0.2, 0.25) is 23.6 Å². The Morgan fingerprint density at radius 2 is 1.63 bits per heavy atom. The zero-order valence-corrected chi connectivity index (χ0v) is 20.2. The largest absolute Gasteiger partial charge is 0.480 e. The third kappa shape index (κ3) is 11.5. The van der Waals surface area contributed by atoms with Crippen molar-refractivity contribution in [2.45, 2.75) is 76.5 Å². The Labute approximate surface area is 204 Å². The predicted octanol–water partition coefficient (Wildman–Crippen LogP) is -2.75. The molecule has 0 aromatic carbocycles. The number of aliphatic carboxylic acids is 1. The molecule has 0 aliphatic carbocycles. The van der Waals surface area contributed by atoms with Gasteiger partial charge in [-0.1, -0.05) is 13.8 Å². The summed E-state index contributed by atoms with van der Waals surface area (Å²) in [4.78, 5) is 65.2. The smallest absolute Gasteiger partial charge is 0.326 e. The van der Waals surface area contributed by atoms with Gasteiger partial charge in [-0.15, -0.1) is 0 Å². The lowest BCUT2D eigenvalue weighted by atomic mass is 10.0. The van der Waals surface area contributed by atoms with Crippen LogP contribution in [0.5, 0.6) is 0 Å². The molecule has 198 valence electrons. The van der Waals surface area contributed by atoms with E-state index in [9.17, 15) is 29.1 Å². The maximum absolute atomic E-state index is 13.0. The second-order valence-corrected chi connectivity index (χ2v) is 8.92. The van der Waals surface area contributed by atoms with Crippen LogP contribution in [0.25, 0.3) is 0 Å². The molecule has 0 aromatic heterocycles. The Bertz CT molecular complexity index is 793. The van der Waals surface area contributed by atoms with E-state index < -0.39 is 54.3 Å². The molecule has 14 nitrogen and oxygen atoms in total. The molecule has 0 bridgehead atoms. The highest BCUT2D eigenvalue weighted by atomic mass is 16.4. The molecule has 0 radical (unpaired) electrons. The zero-order chi connectivity index (χ0) is 26.5. The lowest BCUT2D eigenvalue weighted by Gasteiger charge is -2.25. The van der Waals surface area contributed by atoms with Gasteiger partial charge in [0.15, 0.2) is 5.96 Å². The Morgan fingerprint density at radius 3 is 2.14 bits per heavy atom. The van der Waals surface area contributed by atoms with E-state index in [1.54, 1.807) is 0 Å². The van der Waals surface area contributed by atoms with E-state index in [0.717, 1.165) is 6.42 Å². The number of primary amides is 1. The molecular weight excluding hydrogens is 460 g/mol. The van der Waals surface area contributed by atoms with Crippen LogP contribution in [0.3, 0.4) is 0 Å². The van der Waals surface area contributed by atoms with E-state index >= 15 is 0 Å². The van der Waals surface area contributed by atoms with E-state index in [0.29, 0.717) is 13.0 Å². The van der Waals surface area contributed by atoms with Crippen LogP contribution >= 0.6 is 0 Å². The summed E-state index contributed by atoms with van der Waals surface area (Å²) in [6.07, 6.45) is 1.50. The normalized spacial score (nSPS) is 17.6. The number of carbonyl (C=O) groups excluding carboxylic acids is 4. The van der Waals surface area contributed by atoms with Crippen molar-refractivity contribution in [3.05, 3.63) is 0 Å². The molecule has 11 N–H and O–H groups in total. The fourth-order valence-corrected chi connectivity index (χ4v) is 3.60.